The highest BCUT2D eigenvalue weighted by molar-refractivity contribution is 7.99. The number of anilines is 3. The highest BCUT2D eigenvalue weighted by atomic mass is 35.5. The topological polar surface area (TPSA) is 144 Å². The summed E-state index contributed by atoms with van der Waals surface area (Å²) in [5, 5.41) is 10.4. The summed E-state index contributed by atoms with van der Waals surface area (Å²) in [6.07, 6.45) is 5.86. The molecule has 1 fully saturated rings. The lowest BCUT2D eigenvalue weighted by Crippen LogP contribution is -2.50. The van der Waals surface area contributed by atoms with Crippen molar-refractivity contribution in [3.05, 3.63) is 58.4 Å². The molecule has 1 atom stereocenters. The Morgan fingerprint density at radius 1 is 1.15 bits per heavy atom. The van der Waals surface area contributed by atoms with E-state index in [9.17, 15) is 5.26 Å². The van der Waals surface area contributed by atoms with Crippen molar-refractivity contribution in [2.75, 3.05) is 29.5 Å². The number of halogens is 1. The zero-order valence-electron chi connectivity index (χ0n) is 17.8. The number of nitrogen functional groups attached to an aromatic ring is 2. The number of piperidine rings is 1. The Kier molecular flexibility index (Phi) is 5.52. The van der Waals surface area contributed by atoms with Crippen LogP contribution in [0.25, 0.3) is 0 Å². The number of benzene rings is 1. The van der Waals surface area contributed by atoms with Gasteiger partial charge in [-0.1, -0.05) is 35.5 Å². The molecule has 6 N–H and O–H groups in total. The average molecular weight is 479 g/mol. The number of nitriles is 1. The summed E-state index contributed by atoms with van der Waals surface area (Å²) in [7, 11) is 0. The van der Waals surface area contributed by atoms with Crippen LogP contribution in [0.15, 0.2) is 46.6 Å². The molecule has 1 saturated heterocycles. The fourth-order valence-corrected chi connectivity index (χ4v) is 6.02. The van der Waals surface area contributed by atoms with Gasteiger partial charge in [0.25, 0.3) is 0 Å². The van der Waals surface area contributed by atoms with Gasteiger partial charge in [0.2, 0.25) is 0 Å². The number of rotatable bonds is 3. The zero-order valence-corrected chi connectivity index (χ0v) is 19.4. The molecule has 3 heterocycles. The lowest BCUT2D eigenvalue weighted by molar-refractivity contribution is 0.292. The summed E-state index contributed by atoms with van der Waals surface area (Å²) in [6, 6.07) is 10.1. The first-order valence-electron chi connectivity index (χ1n) is 10.7. The van der Waals surface area contributed by atoms with Gasteiger partial charge >= 0.3 is 0 Å². The molecule has 3 aromatic rings. The Bertz CT molecular complexity index is 1270. The molecule has 2 aromatic heterocycles. The normalized spacial score (nSPS) is 18.8. The van der Waals surface area contributed by atoms with Crippen molar-refractivity contribution in [3.63, 3.8) is 0 Å². The monoisotopic (exact) mass is 478 g/mol. The van der Waals surface area contributed by atoms with E-state index in [2.05, 4.69) is 32.0 Å². The second kappa shape index (κ2) is 8.37. The van der Waals surface area contributed by atoms with E-state index < -0.39 is 0 Å². The van der Waals surface area contributed by atoms with E-state index in [1.54, 1.807) is 18.5 Å². The molecule has 1 aliphatic carbocycles. The molecular formula is C23H23ClN8S. The maximum atomic E-state index is 9.49. The second-order valence-electron chi connectivity index (χ2n) is 8.43. The summed E-state index contributed by atoms with van der Waals surface area (Å²) in [4.78, 5) is 16.0. The smallest absolute Gasteiger partial charge is 0.158 e. The van der Waals surface area contributed by atoms with Crippen LogP contribution in [-0.2, 0) is 11.8 Å². The molecule has 5 rings (SSSR count). The van der Waals surface area contributed by atoms with Crippen molar-refractivity contribution in [1.82, 2.24) is 15.0 Å². The quantitative estimate of drug-likeness (QED) is 0.516. The lowest BCUT2D eigenvalue weighted by atomic mass is 9.71. The van der Waals surface area contributed by atoms with Gasteiger partial charge in [0.1, 0.15) is 16.7 Å². The van der Waals surface area contributed by atoms with Crippen LogP contribution in [-0.4, -0.2) is 34.1 Å². The van der Waals surface area contributed by atoms with Crippen LogP contribution < -0.4 is 22.1 Å². The lowest BCUT2D eigenvalue weighted by Gasteiger charge is -2.43. The molecule has 0 saturated carbocycles. The fraction of sp³-hybridized carbons (Fsp3) is 0.304. The zero-order chi connectivity index (χ0) is 23.2. The first-order chi connectivity index (χ1) is 15.9. The van der Waals surface area contributed by atoms with E-state index in [-0.39, 0.29) is 17.3 Å². The molecule has 10 heteroatoms. The van der Waals surface area contributed by atoms with Gasteiger partial charge in [-0.25, -0.2) is 15.0 Å². The van der Waals surface area contributed by atoms with Crippen molar-refractivity contribution in [3.8, 4) is 6.07 Å². The Morgan fingerprint density at radius 3 is 2.67 bits per heavy atom. The van der Waals surface area contributed by atoms with Gasteiger partial charge in [0, 0.05) is 35.6 Å². The van der Waals surface area contributed by atoms with Crippen molar-refractivity contribution in [1.29, 1.82) is 5.26 Å². The van der Waals surface area contributed by atoms with Gasteiger partial charge in [-0.05, 0) is 42.5 Å². The van der Waals surface area contributed by atoms with Crippen LogP contribution in [0.1, 0.15) is 29.5 Å². The number of nitrogens with zero attached hydrogens (tertiary/aromatic N) is 5. The van der Waals surface area contributed by atoms with E-state index in [0.29, 0.717) is 15.9 Å². The summed E-state index contributed by atoms with van der Waals surface area (Å²) < 4.78 is 0. The van der Waals surface area contributed by atoms with Crippen molar-refractivity contribution < 1.29 is 0 Å². The number of pyridine rings is 1. The number of hydrogen-bond acceptors (Lipinski definition) is 9. The third-order valence-corrected chi connectivity index (χ3v) is 8.36. The first kappa shape index (κ1) is 21.8. The molecule has 1 spiro atoms. The summed E-state index contributed by atoms with van der Waals surface area (Å²) in [5.41, 5.74) is 21.6. The van der Waals surface area contributed by atoms with Gasteiger partial charge in [-0.3, -0.25) is 0 Å². The van der Waals surface area contributed by atoms with Gasteiger partial charge in [-0.15, -0.1) is 0 Å². The summed E-state index contributed by atoms with van der Waals surface area (Å²) >= 11 is 7.55. The van der Waals surface area contributed by atoms with E-state index in [0.717, 1.165) is 54.2 Å². The molecule has 1 aromatic carbocycles. The molecule has 33 heavy (non-hydrogen) atoms. The predicted molar refractivity (Wildman–Crippen MR) is 130 cm³/mol. The van der Waals surface area contributed by atoms with E-state index in [1.807, 2.05) is 12.1 Å². The molecule has 168 valence electrons. The minimum Gasteiger partial charge on any atom is -0.382 e. The second-order valence-corrected chi connectivity index (χ2v) is 9.83. The summed E-state index contributed by atoms with van der Waals surface area (Å²) in [5.74, 6) is 1.34. The molecule has 0 bridgehead atoms. The third kappa shape index (κ3) is 3.64. The predicted octanol–water partition coefficient (Wildman–Crippen LogP) is 3.13. The average Bonchev–Trinajstić information content (AvgIpc) is 3.09. The SMILES string of the molecule is N#Cc1cccc2c1CC(N)C21CCN(c2cnc(Sc3ccnc(N)c3Cl)c(N)n2)CC1. The Balaban J connectivity index is 1.34. The standard InChI is InChI=1S/C23H23ClN8S/c24-19-16(4-7-29-20(19)27)33-22-21(28)31-18(12-30-22)32-8-5-23(6-9-32)15-3-1-2-13(11-25)14(15)10-17(23)26/h1-4,7,12,17H,5-6,8-10,26H2,(H2,27,29)(H2,28,31). The fourth-order valence-electron chi connectivity index (χ4n) is 5.01. The molecule has 1 aliphatic heterocycles. The molecular weight excluding hydrogens is 456 g/mol. The van der Waals surface area contributed by atoms with Crippen LogP contribution >= 0.6 is 23.4 Å². The van der Waals surface area contributed by atoms with Crippen LogP contribution in [0.3, 0.4) is 0 Å². The van der Waals surface area contributed by atoms with Gasteiger partial charge in [0.05, 0.1) is 22.9 Å². The maximum absolute atomic E-state index is 9.49. The van der Waals surface area contributed by atoms with E-state index >= 15 is 0 Å². The first-order valence-corrected chi connectivity index (χ1v) is 11.9. The van der Waals surface area contributed by atoms with Crippen LogP contribution in [0, 0.1) is 11.3 Å². The van der Waals surface area contributed by atoms with Crippen LogP contribution in [0.5, 0.6) is 0 Å². The number of hydrogen-bond donors (Lipinski definition) is 3. The van der Waals surface area contributed by atoms with Gasteiger partial charge < -0.3 is 22.1 Å². The van der Waals surface area contributed by atoms with E-state index in [4.69, 9.17) is 28.8 Å². The molecule has 0 amide bonds. The minimum absolute atomic E-state index is 0.0108. The number of nitrogens with two attached hydrogens (primary N) is 3. The molecule has 8 nitrogen and oxygen atoms in total. The molecule has 0 radical (unpaired) electrons. The third-order valence-electron chi connectivity index (χ3n) is 6.79. The van der Waals surface area contributed by atoms with Crippen molar-refractivity contribution in [2.24, 2.45) is 5.73 Å². The molecule has 2 aliphatic rings. The van der Waals surface area contributed by atoms with Crippen LogP contribution in [0.2, 0.25) is 5.02 Å². The van der Waals surface area contributed by atoms with Gasteiger partial charge in [-0.2, -0.15) is 5.26 Å². The van der Waals surface area contributed by atoms with Crippen LogP contribution in [0.4, 0.5) is 17.5 Å². The summed E-state index contributed by atoms with van der Waals surface area (Å²) in [6.45, 7) is 1.58. The van der Waals surface area contributed by atoms with E-state index in [1.165, 1.54) is 17.3 Å². The van der Waals surface area contributed by atoms with Gasteiger partial charge in [0.15, 0.2) is 5.82 Å². The largest absolute Gasteiger partial charge is 0.382 e. The molecule has 1 unspecified atom stereocenters. The Labute approximate surface area is 201 Å². The Morgan fingerprint density at radius 2 is 1.94 bits per heavy atom. The Hall–Kier alpha value is -3.06. The minimum atomic E-state index is -0.106. The highest BCUT2D eigenvalue weighted by Gasteiger charge is 2.47. The van der Waals surface area contributed by atoms with Crippen molar-refractivity contribution in [2.45, 2.75) is 40.6 Å². The maximum Gasteiger partial charge on any atom is 0.158 e. The highest BCUT2D eigenvalue weighted by Crippen LogP contribution is 2.47. The van der Waals surface area contributed by atoms with Crippen molar-refractivity contribution >= 4 is 40.8 Å². The number of fused-ring (bicyclic) bond motifs is 2. The number of aromatic nitrogens is 3.